The molecule has 0 fully saturated rings. The number of ether oxygens (including phenoxy) is 2. The lowest BCUT2D eigenvalue weighted by molar-refractivity contribution is -0.143. The zero-order chi connectivity index (χ0) is 22.1. The highest BCUT2D eigenvalue weighted by molar-refractivity contribution is 6.01. The number of benzene rings is 1. The summed E-state index contributed by atoms with van der Waals surface area (Å²) in [6.07, 6.45) is 0.268. The normalized spacial score (nSPS) is 11.9. The van der Waals surface area contributed by atoms with Gasteiger partial charge in [-0.05, 0) is 58.2 Å². The molecule has 1 unspecified atom stereocenters. The summed E-state index contributed by atoms with van der Waals surface area (Å²) in [6, 6.07) is 4.01. The molecular weight excluding hydrogens is 372 g/mol. The van der Waals surface area contributed by atoms with Crippen molar-refractivity contribution in [2.45, 2.75) is 60.1 Å². The number of esters is 1. The van der Waals surface area contributed by atoms with E-state index in [4.69, 9.17) is 9.47 Å². The highest BCUT2D eigenvalue weighted by Gasteiger charge is 2.25. The first-order valence-electron chi connectivity index (χ1n) is 10.1. The number of carbonyl (C=O) groups is 3. The molecule has 1 aromatic carbocycles. The Morgan fingerprint density at radius 1 is 1.07 bits per heavy atom. The second-order valence-electron chi connectivity index (χ2n) is 7.53. The van der Waals surface area contributed by atoms with Gasteiger partial charge in [0.15, 0.2) is 0 Å². The van der Waals surface area contributed by atoms with Crippen LogP contribution in [0.1, 0.15) is 68.7 Å². The van der Waals surface area contributed by atoms with E-state index >= 15 is 0 Å². The molecule has 7 heteroatoms. The minimum Gasteiger partial charge on any atom is -0.490 e. The van der Waals surface area contributed by atoms with Crippen molar-refractivity contribution in [2.75, 3.05) is 20.2 Å². The van der Waals surface area contributed by atoms with Crippen LogP contribution in [0.15, 0.2) is 18.2 Å². The number of rotatable bonds is 10. The minimum atomic E-state index is -0.753. The standard InChI is InChI=1S/C22H34N2O5/c1-8-24(9-2)21(26)16-10-11-17(19(13-16)29-15(5)6)20(25)23-18(12-14(3)4)22(27)28-7/h10-11,13-15,18H,8-9,12H2,1-7H3,(H,23,25). The van der Waals surface area contributed by atoms with E-state index in [1.165, 1.54) is 7.11 Å². The Morgan fingerprint density at radius 2 is 1.69 bits per heavy atom. The van der Waals surface area contributed by atoms with E-state index in [0.29, 0.717) is 30.8 Å². The van der Waals surface area contributed by atoms with Crippen molar-refractivity contribution in [1.82, 2.24) is 10.2 Å². The fourth-order valence-electron chi connectivity index (χ4n) is 2.95. The Balaban J connectivity index is 3.22. The molecule has 0 heterocycles. The molecule has 1 atom stereocenters. The van der Waals surface area contributed by atoms with Crippen molar-refractivity contribution in [3.8, 4) is 5.75 Å². The Kier molecular flexibility index (Phi) is 9.65. The second kappa shape index (κ2) is 11.4. The molecule has 1 N–H and O–H groups in total. The van der Waals surface area contributed by atoms with Crippen LogP contribution in [0.25, 0.3) is 0 Å². The highest BCUT2D eigenvalue weighted by atomic mass is 16.5. The molecule has 0 radical (unpaired) electrons. The predicted molar refractivity (Wildman–Crippen MR) is 112 cm³/mol. The number of hydrogen-bond acceptors (Lipinski definition) is 5. The summed E-state index contributed by atoms with van der Waals surface area (Å²) in [4.78, 5) is 39.3. The van der Waals surface area contributed by atoms with Crippen LogP contribution in [0.4, 0.5) is 0 Å². The van der Waals surface area contributed by atoms with Crippen molar-refractivity contribution in [3.63, 3.8) is 0 Å². The van der Waals surface area contributed by atoms with E-state index in [-0.39, 0.29) is 23.5 Å². The molecule has 0 aliphatic heterocycles. The lowest BCUT2D eigenvalue weighted by atomic mass is 10.0. The number of carbonyl (C=O) groups excluding carboxylic acids is 3. The number of nitrogens with zero attached hydrogens (tertiary/aromatic N) is 1. The monoisotopic (exact) mass is 406 g/mol. The summed E-state index contributed by atoms with van der Waals surface area (Å²) in [6.45, 7) is 12.6. The average Bonchev–Trinajstić information content (AvgIpc) is 2.66. The molecule has 1 rings (SSSR count). The molecule has 0 aromatic heterocycles. The summed E-state index contributed by atoms with van der Waals surface area (Å²) in [5.41, 5.74) is 0.722. The second-order valence-corrected chi connectivity index (χ2v) is 7.53. The smallest absolute Gasteiger partial charge is 0.328 e. The van der Waals surface area contributed by atoms with Crippen LogP contribution in [0.5, 0.6) is 5.75 Å². The van der Waals surface area contributed by atoms with Crippen molar-refractivity contribution in [3.05, 3.63) is 29.3 Å². The van der Waals surface area contributed by atoms with Gasteiger partial charge in [-0.15, -0.1) is 0 Å². The predicted octanol–water partition coefficient (Wildman–Crippen LogP) is 3.27. The van der Waals surface area contributed by atoms with Gasteiger partial charge in [-0.2, -0.15) is 0 Å². The van der Waals surface area contributed by atoms with E-state index in [1.807, 2.05) is 41.5 Å². The summed E-state index contributed by atoms with van der Waals surface area (Å²) >= 11 is 0. The molecule has 29 heavy (non-hydrogen) atoms. The summed E-state index contributed by atoms with van der Waals surface area (Å²) < 4.78 is 10.6. The molecule has 0 aliphatic rings. The fraction of sp³-hybridized carbons (Fsp3) is 0.591. The van der Waals surface area contributed by atoms with Crippen LogP contribution in [0.2, 0.25) is 0 Å². The van der Waals surface area contributed by atoms with Crippen LogP contribution < -0.4 is 10.1 Å². The third-order valence-electron chi connectivity index (χ3n) is 4.38. The SMILES string of the molecule is CCN(CC)C(=O)c1ccc(C(=O)NC(CC(C)C)C(=O)OC)c(OC(C)C)c1. The van der Waals surface area contributed by atoms with Gasteiger partial charge < -0.3 is 19.7 Å². The van der Waals surface area contributed by atoms with Crippen LogP contribution in [-0.4, -0.2) is 55.0 Å². The van der Waals surface area contributed by atoms with E-state index in [9.17, 15) is 14.4 Å². The van der Waals surface area contributed by atoms with Crippen molar-refractivity contribution < 1.29 is 23.9 Å². The quantitative estimate of drug-likeness (QED) is 0.603. The lowest BCUT2D eigenvalue weighted by Crippen LogP contribution is -2.42. The summed E-state index contributed by atoms with van der Waals surface area (Å²) in [5.74, 6) is -0.559. The van der Waals surface area contributed by atoms with Crippen LogP contribution >= 0.6 is 0 Å². The lowest BCUT2D eigenvalue weighted by Gasteiger charge is -2.22. The molecule has 2 amide bonds. The Labute approximate surface area is 173 Å². The first kappa shape index (κ1) is 24.5. The van der Waals surface area contributed by atoms with E-state index in [2.05, 4.69) is 5.32 Å². The van der Waals surface area contributed by atoms with Gasteiger partial charge in [0, 0.05) is 18.7 Å². The van der Waals surface area contributed by atoms with Crippen molar-refractivity contribution in [1.29, 1.82) is 0 Å². The van der Waals surface area contributed by atoms with Gasteiger partial charge >= 0.3 is 5.97 Å². The minimum absolute atomic E-state index is 0.122. The van der Waals surface area contributed by atoms with Gasteiger partial charge in [0.25, 0.3) is 11.8 Å². The van der Waals surface area contributed by atoms with Gasteiger partial charge in [-0.3, -0.25) is 9.59 Å². The van der Waals surface area contributed by atoms with E-state index in [1.54, 1.807) is 23.1 Å². The fourth-order valence-corrected chi connectivity index (χ4v) is 2.95. The first-order chi connectivity index (χ1) is 13.6. The first-order valence-corrected chi connectivity index (χ1v) is 10.1. The number of methoxy groups -OCH3 is 1. The number of nitrogens with one attached hydrogen (secondary N) is 1. The van der Waals surface area contributed by atoms with E-state index in [0.717, 1.165) is 0 Å². The van der Waals surface area contributed by atoms with Crippen LogP contribution in [0.3, 0.4) is 0 Å². The highest BCUT2D eigenvalue weighted by Crippen LogP contribution is 2.23. The molecule has 0 saturated carbocycles. The van der Waals surface area contributed by atoms with Gasteiger partial charge in [0.05, 0.1) is 18.8 Å². The number of hydrogen-bond donors (Lipinski definition) is 1. The Hall–Kier alpha value is -2.57. The molecule has 162 valence electrons. The summed E-state index contributed by atoms with van der Waals surface area (Å²) in [7, 11) is 1.29. The molecule has 1 aromatic rings. The molecule has 0 aliphatic carbocycles. The third kappa shape index (κ3) is 7.07. The molecule has 0 spiro atoms. The molecular formula is C22H34N2O5. The maximum Gasteiger partial charge on any atom is 0.328 e. The van der Waals surface area contributed by atoms with Gasteiger partial charge in [-0.25, -0.2) is 4.79 Å². The van der Waals surface area contributed by atoms with Gasteiger partial charge in [0.2, 0.25) is 0 Å². The van der Waals surface area contributed by atoms with Crippen molar-refractivity contribution >= 4 is 17.8 Å². The van der Waals surface area contributed by atoms with Crippen molar-refractivity contribution in [2.24, 2.45) is 5.92 Å². The third-order valence-corrected chi connectivity index (χ3v) is 4.38. The number of amides is 2. The topological polar surface area (TPSA) is 84.9 Å². The Morgan fingerprint density at radius 3 is 2.17 bits per heavy atom. The average molecular weight is 407 g/mol. The molecule has 7 nitrogen and oxygen atoms in total. The Bertz CT molecular complexity index is 711. The maximum absolute atomic E-state index is 12.9. The molecule has 0 saturated heterocycles. The van der Waals surface area contributed by atoms with Gasteiger partial charge in [0.1, 0.15) is 11.8 Å². The van der Waals surface area contributed by atoms with Gasteiger partial charge in [-0.1, -0.05) is 13.8 Å². The van der Waals surface area contributed by atoms with E-state index < -0.39 is 17.9 Å². The summed E-state index contributed by atoms with van der Waals surface area (Å²) in [5, 5.41) is 2.73. The maximum atomic E-state index is 12.9. The molecule has 0 bridgehead atoms. The zero-order valence-corrected chi connectivity index (χ0v) is 18.6. The van der Waals surface area contributed by atoms with Crippen LogP contribution in [-0.2, 0) is 9.53 Å². The van der Waals surface area contributed by atoms with Crippen LogP contribution in [0, 0.1) is 5.92 Å². The largest absolute Gasteiger partial charge is 0.490 e. The zero-order valence-electron chi connectivity index (χ0n) is 18.6.